The Morgan fingerprint density at radius 3 is 2.73 bits per heavy atom. The Balaban J connectivity index is 2.04. The van der Waals surface area contributed by atoms with Crippen LogP contribution in [-0.2, 0) is 0 Å². The summed E-state index contributed by atoms with van der Waals surface area (Å²) in [5.41, 5.74) is 0.942. The predicted octanol–water partition coefficient (Wildman–Crippen LogP) is 2.08. The maximum atomic E-state index is 5.33. The minimum atomic E-state index is 0.674. The normalized spacial score (nSPS) is 9.93. The summed E-state index contributed by atoms with van der Waals surface area (Å²) in [6, 6.07) is 7.65. The Morgan fingerprint density at radius 2 is 2.13 bits per heavy atom. The van der Waals surface area contributed by atoms with Gasteiger partial charge in [-0.05, 0) is 36.4 Å². The van der Waals surface area contributed by atoms with Gasteiger partial charge in [-0.1, -0.05) is 9.59 Å². The topological polar surface area (TPSA) is 59.9 Å². The fraction of sp³-hybridized carbons (Fsp3) is 0.222. The molecule has 78 valence electrons. The summed E-state index contributed by atoms with van der Waals surface area (Å²) in [4.78, 5) is 0. The van der Waals surface area contributed by atoms with E-state index < -0.39 is 0 Å². The van der Waals surface area contributed by atoms with E-state index in [0.29, 0.717) is 11.7 Å². The van der Waals surface area contributed by atoms with E-state index in [-0.39, 0.29) is 0 Å². The molecule has 0 spiro atoms. The Bertz CT molecular complexity index is 401. The molecule has 1 heterocycles. The summed E-state index contributed by atoms with van der Waals surface area (Å²) in [6.07, 6.45) is 0. The third kappa shape index (κ3) is 2.63. The van der Waals surface area contributed by atoms with Crippen molar-refractivity contribution in [2.75, 3.05) is 11.9 Å². The SMILES string of the molecule is CCOc1ccc(Nc2nnns2)cc1. The van der Waals surface area contributed by atoms with E-state index in [1.165, 1.54) is 11.5 Å². The second-order valence-corrected chi connectivity index (χ2v) is 3.48. The summed E-state index contributed by atoms with van der Waals surface area (Å²) in [5, 5.41) is 11.0. The van der Waals surface area contributed by atoms with E-state index >= 15 is 0 Å². The molecule has 1 aromatic heterocycles. The zero-order chi connectivity index (χ0) is 10.5. The van der Waals surface area contributed by atoms with E-state index in [1.54, 1.807) is 0 Å². The van der Waals surface area contributed by atoms with E-state index in [9.17, 15) is 0 Å². The standard InChI is InChI=1S/C9H10N4OS/c1-2-14-8-5-3-7(4-6-8)10-9-11-12-13-15-9/h3-6H,2H2,1H3,(H,10,11,13). The highest BCUT2D eigenvalue weighted by Gasteiger charge is 1.98. The van der Waals surface area contributed by atoms with Crippen LogP contribution < -0.4 is 10.1 Å². The van der Waals surface area contributed by atoms with Gasteiger partial charge in [0.2, 0.25) is 5.13 Å². The summed E-state index contributed by atoms with van der Waals surface area (Å²) < 4.78 is 8.99. The van der Waals surface area contributed by atoms with Crippen molar-refractivity contribution in [1.29, 1.82) is 0 Å². The molecule has 0 aliphatic carbocycles. The van der Waals surface area contributed by atoms with E-state index in [2.05, 4.69) is 20.1 Å². The van der Waals surface area contributed by atoms with Crippen molar-refractivity contribution in [3.8, 4) is 5.75 Å². The Labute approximate surface area is 91.3 Å². The van der Waals surface area contributed by atoms with Crippen LogP contribution in [-0.4, -0.2) is 21.4 Å². The third-order valence-electron chi connectivity index (χ3n) is 1.72. The van der Waals surface area contributed by atoms with Gasteiger partial charge in [-0.15, -0.1) is 0 Å². The number of rotatable bonds is 4. The number of ether oxygens (including phenoxy) is 1. The molecule has 6 heteroatoms. The zero-order valence-electron chi connectivity index (χ0n) is 8.17. The highest BCUT2D eigenvalue weighted by atomic mass is 32.1. The fourth-order valence-corrected chi connectivity index (χ4v) is 1.49. The van der Waals surface area contributed by atoms with Crippen molar-refractivity contribution >= 4 is 22.4 Å². The molecule has 1 aromatic carbocycles. The van der Waals surface area contributed by atoms with E-state index in [0.717, 1.165) is 11.4 Å². The number of hydrogen-bond acceptors (Lipinski definition) is 6. The van der Waals surface area contributed by atoms with Gasteiger partial charge >= 0.3 is 0 Å². The smallest absolute Gasteiger partial charge is 0.229 e. The number of nitrogens with one attached hydrogen (secondary N) is 1. The van der Waals surface area contributed by atoms with Crippen LogP contribution in [0.4, 0.5) is 10.8 Å². The van der Waals surface area contributed by atoms with Gasteiger partial charge in [0.15, 0.2) is 0 Å². The Morgan fingerprint density at radius 1 is 1.33 bits per heavy atom. The molecule has 0 fully saturated rings. The Kier molecular flexibility index (Phi) is 3.08. The van der Waals surface area contributed by atoms with Gasteiger partial charge in [0, 0.05) is 17.2 Å². The quantitative estimate of drug-likeness (QED) is 0.858. The average Bonchev–Trinajstić information content (AvgIpc) is 2.74. The van der Waals surface area contributed by atoms with Crippen LogP contribution in [0.2, 0.25) is 0 Å². The molecule has 0 unspecified atom stereocenters. The van der Waals surface area contributed by atoms with Crippen molar-refractivity contribution < 1.29 is 4.74 Å². The number of hydrogen-bond donors (Lipinski definition) is 1. The van der Waals surface area contributed by atoms with Gasteiger partial charge in [0.1, 0.15) is 5.75 Å². The minimum absolute atomic E-state index is 0.674. The van der Waals surface area contributed by atoms with Gasteiger partial charge in [-0.3, -0.25) is 0 Å². The average molecular weight is 222 g/mol. The first-order valence-corrected chi connectivity index (χ1v) is 5.30. The van der Waals surface area contributed by atoms with Crippen LogP contribution in [0.5, 0.6) is 5.75 Å². The number of anilines is 2. The van der Waals surface area contributed by atoms with Crippen molar-refractivity contribution in [3.63, 3.8) is 0 Å². The molecule has 0 atom stereocenters. The van der Waals surface area contributed by atoms with Crippen molar-refractivity contribution in [2.24, 2.45) is 0 Å². The first-order valence-electron chi connectivity index (χ1n) is 4.53. The molecule has 2 rings (SSSR count). The van der Waals surface area contributed by atoms with Gasteiger partial charge < -0.3 is 10.1 Å². The summed E-state index contributed by atoms with van der Waals surface area (Å²) in [7, 11) is 0. The molecule has 1 N–H and O–H groups in total. The van der Waals surface area contributed by atoms with Crippen LogP contribution in [0.25, 0.3) is 0 Å². The molecule has 0 saturated carbocycles. The molecule has 2 aromatic rings. The van der Waals surface area contributed by atoms with Crippen molar-refractivity contribution in [1.82, 2.24) is 14.8 Å². The van der Waals surface area contributed by atoms with Crippen LogP contribution in [0.15, 0.2) is 24.3 Å². The largest absolute Gasteiger partial charge is 0.494 e. The van der Waals surface area contributed by atoms with Crippen molar-refractivity contribution in [2.45, 2.75) is 6.92 Å². The molecule has 0 aliphatic heterocycles. The van der Waals surface area contributed by atoms with Gasteiger partial charge in [0.05, 0.1) is 6.61 Å². The van der Waals surface area contributed by atoms with E-state index in [1.807, 2.05) is 31.2 Å². The monoisotopic (exact) mass is 222 g/mol. The zero-order valence-corrected chi connectivity index (χ0v) is 8.99. The lowest BCUT2D eigenvalue weighted by Gasteiger charge is -2.04. The maximum Gasteiger partial charge on any atom is 0.229 e. The maximum absolute atomic E-state index is 5.33. The highest BCUT2D eigenvalue weighted by molar-refractivity contribution is 7.09. The molecule has 0 aliphatic rings. The van der Waals surface area contributed by atoms with Crippen LogP contribution in [0.1, 0.15) is 6.92 Å². The van der Waals surface area contributed by atoms with Crippen LogP contribution in [0, 0.1) is 0 Å². The molecule has 0 bridgehead atoms. The molecule has 5 nitrogen and oxygen atoms in total. The van der Waals surface area contributed by atoms with Crippen LogP contribution in [0.3, 0.4) is 0 Å². The van der Waals surface area contributed by atoms with Crippen molar-refractivity contribution in [3.05, 3.63) is 24.3 Å². The number of benzene rings is 1. The highest BCUT2D eigenvalue weighted by Crippen LogP contribution is 2.19. The minimum Gasteiger partial charge on any atom is -0.494 e. The number of nitrogens with zero attached hydrogens (tertiary/aromatic N) is 3. The first kappa shape index (κ1) is 9.85. The third-order valence-corrected chi connectivity index (χ3v) is 2.23. The van der Waals surface area contributed by atoms with E-state index in [4.69, 9.17) is 4.74 Å². The molecular formula is C9H10N4OS. The van der Waals surface area contributed by atoms with Gasteiger partial charge in [-0.2, -0.15) is 0 Å². The fourth-order valence-electron chi connectivity index (χ4n) is 1.11. The summed E-state index contributed by atoms with van der Waals surface area (Å²) >= 11 is 1.22. The molecular weight excluding hydrogens is 212 g/mol. The first-order chi connectivity index (χ1) is 7.38. The predicted molar refractivity (Wildman–Crippen MR) is 58.6 cm³/mol. The lowest BCUT2D eigenvalue weighted by molar-refractivity contribution is 0.340. The molecule has 0 amide bonds. The van der Waals surface area contributed by atoms with Gasteiger partial charge in [-0.25, -0.2) is 0 Å². The molecule has 0 radical (unpaired) electrons. The molecule has 0 saturated heterocycles. The van der Waals surface area contributed by atoms with Gasteiger partial charge in [0.25, 0.3) is 0 Å². The lowest BCUT2D eigenvalue weighted by Crippen LogP contribution is -1.92. The second-order valence-electron chi connectivity index (χ2n) is 2.75. The summed E-state index contributed by atoms with van der Waals surface area (Å²) in [6.45, 7) is 2.63. The summed E-state index contributed by atoms with van der Waals surface area (Å²) in [5.74, 6) is 0.860. The second kappa shape index (κ2) is 4.70. The lowest BCUT2D eigenvalue weighted by atomic mass is 10.3. The molecule has 15 heavy (non-hydrogen) atoms. The van der Waals surface area contributed by atoms with Crippen LogP contribution >= 0.6 is 11.5 Å². The number of aromatic nitrogens is 3. The Hall–Kier alpha value is -1.69.